The quantitative estimate of drug-likeness (QED) is 0.774. The summed E-state index contributed by atoms with van der Waals surface area (Å²) < 4.78 is 0.430. The van der Waals surface area contributed by atoms with Gasteiger partial charge in [-0.2, -0.15) is 0 Å². The van der Waals surface area contributed by atoms with Gasteiger partial charge < -0.3 is 5.11 Å². The molecule has 0 saturated heterocycles. The van der Waals surface area contributed by atoms with Crippen LogP contribution in [0.25, 0.3) is 0 Å². The monoisotopic (exact) mass is 218 g/mol. The molecule has 0 spiro atoms. The summed E-state index contributed by atoms with van der Waals surface area (Å²) in [7, 11) is 2.00. The molecule has 1 aliphatic rings. The van der Waals surface area contributed by atoms with Crippen molar-refractivity contribution in [3.63, 3.8) is 0 Å². The number of aliphatic hydroxyl groups excluding tert-OH is 1. The van der Waals surface area contributed by atoms with E-state index in [4.69, 9.17) is 5.11 Å². The molecule has 4 heteroatoms. The predicted molar refractivity (Wildman–Crippen MR) is 61.0 cm³/mol. The van der Waals surface area contributed by atoms with Crippen molar-refractivity contribution in [2.24, 2.45) is 10.3 Å². The van der Waals surface area contributed by atoms with Crippen molar-refractivity contribution in [3.05, 3.63) is 47.8 Å². The van der Waals surface area contributed by atoms with Crippen LogP contribution < -0.4 is 0 Å². The third-order valence-electron chi connectivity index (χ3n) is 2.52. The summed E-state index contributed by atoms with van der Waals surface area (Å²) in [6.07, 6.45) is 2.56. The number of nitrogens with zero attached hydrogens (tertiary/aromatic N) is 3. The number of hydrogen-bond acceptors (Lipinski definition) is 3. The minimum atomic E-state index is 0.121. The van der Waals surface area contributed by atoms with Crippen LogP contribution in [0.2, 0.25) is 0 Å². The Labute approximate surface area is 95.1 Å². The van der Waals surface area contributed by atoms with Crippen LogP contribution in [0.3, 0.4) is 0 Å². The van der Waals surface area contributed by atoms with Gasteiger partial charge in [-0.3, -0.25) is 0 Å². The average molecular weight is 218 g/mol. The largest absolute Gasteiger partial charge is 0.396 e. The van der Waals surface area contributed by atoms with E-state index in [1.807, 2.05) is 31.4 Å². The Morgan fingerprint density at radius 3 is 2.69 bits per heavy atom. The molecule has 0 radical (unpaired) electrons. The van der Waals surface area contributed by atoms with Gasteiger partial charge in [0.05, 0.1) is 7.05 Å². The first-order valence-electron chi connectivity index (χ1n) is 5.37. The SMILES string of the molecule is C[N+]1(Cc2ccccc2)C=C(CCO)N=N1. The summed E-state index contributed by atoms with van der Waals surface area (Å²) in [4.78, 5) is 0. The molecular formula is C12H16N3O+. The fraction of sp³-hybridized carbons (Fsp3) is 0.333. The second kappa shape index (κ2) is 4.55. The molecule has 0 bridgehead atoms. The summed E-state index contributed by atoms with van der Waals surface area (Å²) in [6.45, 7) is 0.912. The van der Waals surface area contributed by atoms with Crippen molar-refractivity contribution < 1.29 is 9.70 Å². The van der Waals surface area contributed by atoms with Crippen molar-refractivity contribution in [2.75, 3.05) is 13.7 Å². The third kappa shape index (κ3) is 2.53. The maximum Gasteiger partial charge on any atom is 0.148 e. The van der Waals surface area contributed by atoms with Gasteiger partial charge in [0.15, 0.2) is 0 Å². The van der Waals surface area contributed by atoms with Gasteiger partial charge in [0, 0.05) is 23.8 Å². The van der Waals surface area contributed by atoms with Gasteiger partial charge in [0.1, 0.15) is 18.4 Å². The van der Waals surface area contributed by atoms with E-state index in [1.54, 1.807) is 0 Å². The van der Waals surface area contributed by atoms with Gasteiger partial charge in [-0.1, -0.05) is 35.4 Å². The predicted octanol–water partition coefficient (Wildman–Crippen LogP) is 2.24. The van der Waals surface area contributed by atoms with Crippen LogP contribution >= 0.6 is 0 Å². The number of benzene rings is 1. The molecule has 1 unspecified atom stereocenters. The average Bonchev–Trinajstić information content (AvgIpc) is 2.62. The lowest BCUT2D eigenvalue weighted by Crippen LogP contribution is -2.29. The molecule has 0 saturated carbocycles. The topological polar surface area (TPSA) is 45.0 Å². The molecule has 0 fully saturated rings. The second-order valence-corrected chi connectivity index (χ2v) is 4.14. The number of quaternary nitrogens is 1. The lowest BCUT2D eigenvalue weighted by Gasteiger charge is -2.17. The lowest BCUT2D eigenvalue weighted by atomic mass is 10.2. The van der Waals surface area contributed by atoms with Crippen molar-refractivity contribution in [1.29, 1.82) is 0 Å². The molecule has 0 aromatic heterocycles. The normalized spacial score (nSPS) is 23.5. The van der Waals surface area contributed by atoms with Crippen LogP contribution in [0.4, 0.5) is 0 Å². The van der Waals surface area contributed by atoms with Crippen molar-refractivity contribution in [1.82, 2.24) is 0 Å². The highest BCUT2D eigenvalue weighted by atomic mass is 16.3. The Balaban J connectivity index is 2.09. The molecule has 1 atom stereocenters. The molecule has 84 valence electrons. The van der Waals surface area contributed by atoms with E-state index in [0.29, 0.717) is 11.0 Å². The van der Waals surface area contributed by atoms with Gasteiger partial charge >= 0.3 is 0 Å². The summed E-state index contributed by atoms with van der Waals surface area (Å²) in [5, 5.41) is 17.1. The number of rotatable bonds is 4. The first-order valence-corrected chi connectivity index (χ1v) is 5.37. The summed E-state index contributed by atoms with van der Waals surface area (Å²) >= 11 is 0. The van der Waals surface area contributed by atoms with Crippen molar-refractivity contribution in [3.8, 4) is 0 Å². The highest BCUT2D eigenvalue weighted by Crippen LogP contribution is 2.24. The van der Waals surface area contributed by atoms with Crippen molar-refractivity contribution in [2.45, 2.75) is 13.0 Å². The summed E-state index contributed by atoms with van der Waals surface area (Å²) in [6, 6.07) is 10.2. The molecule has 16 heavy (non-hydrogen) atoms. The molecule has 1 aromatic carbocycles. The Kier molecular flexibility index (Phi) is 3.12. The highest BCUT2D eigenvalue weighted by molar-refractivity contribution is 5.13. The Hall–Kier alpha value is -1.52. The van der Waals surface area contributed by atoms with Gasteiger partial charge in [-0.05, 0) is 0 Å². The van der Waals surface area contributed by atoms with E-state index in [-0.39, 0.29) is 6.61 Å². The van der Waals surface area contributed by atoms with Gasteiger partial charge in [-0.25, -0.2) is 0 Å². The van der Waals surface area contributed by atoms with Crippen LogP contribution in [0.15, 0.2) is 52.6 Å². The second-order valence-electron chi connectivity index (χ2n) is 4.14. The first kappa shape index (κ1) is 11.0. The van der Waals surface area contributed by atoms with E-state index in [2.05, 4.69) is 22.5 Å². The van der Waals surface area contributed by atoms with E-state index in [0.717, 1.165) is 12.2 Å². The third-order valence-corrected chi connectivity index (χ3v) is 2.52. The standard InChI is InChI=1S/C12H16N3O/c1-15(9-11-5-3-2-4-6-11)10-12(7-8-16)13-14-15/h2-6,10,16H,7-9H2,1H3/q+1. The van der Waals surface area contributed by atoms with Crippen LogP contribution in [0.1, 0.15) is 12.0 Å². The summed E-state index contributed by atoms with van der Waals surface area (Å²) in [5.74, 6) is 0. The first-order chi connectivity index (χ1) is 7.72. The Morgan fingerprint density at radius 1 is 1.25 bits per heavy atom. The van der Waals surface area contributed by atoms with E-state index in [9.17, 15) is 0 Å². The maximum absolute atomic E-state index is 8.84. The minimum Gasteiger partial charge on any atom is -0.396 e. The highest BCUT2D eigenvalue weighted by Gasteiger charge is 2.26. The molecule has 2 rings (SSSR count). The van der Waals surface area contributed by atoms with Crippen LogP contribution in [0.5, 0.6) is 0 Å². The molecule has 1 heterocycles. The minimum absolute atomic E-state index is 0.121. The Morgan fingerprint density at radius 2 is 2.00 bits per heavy atom. The Bertz CT molecular complexity index is 414. The van der Waals surface area contributed by atoms with Crippen LogP contribution in [0, 0.1) is 0 Å². The number of aliphatic hydroxyl groups is 1. The molecule has 1 aliphatic heterocycles. The zero-order chi connectivity index (χ0) is 11.4. The molecule has 4 nitrogen and oxygen atoms in total. The molecular weight excluding hydrogens is 202 g/mol. The zero-order valence-corrected chi connectivity index (χ0v) is 9.37. The smallest absolute Gasteiger partial charge is 0.148 e. The van der Waals surface area contributed by atoms with E-state index in [1.165, 1.54) is 5.56 Å². The van der Waals surface area contributed by atoms with Crippen molar-refractivity contribution >= 4 is 0 Å². The van der Waals surface area contributed by atoms with Crippen LogP contribution in [-0.2, 0) is 6.54 Å². The number of hydrogen-bond donors (Lipinski definition) is 1. The van der Waals surface area contributed by atoms with E-state index >= 15 is 0 Å². The van der Waals surface area contributed by atoms with Crippen LogP contribution in [-0.4, -0.2) is 23.4 Å². The summed E-state index contributed by atoms with van der Waals surface area (Å²) in [5.41, 5.74) is 2.09. The van der Waals surface area contributed by atoms with Gasteiger partial charge in [0.25, 0.3) is 0 Å². The molecule has 1 aromatic rings. The lowest BCUT2D eigenvalue weighted by molar-refractivity contribution is -0.881. The molecule has 0 amide bonds. The van der Waals surface area contributed by atoms with E-state index < -0.39 is 0 Å². The molecule has 0 aliphatic carbocycles. The van der Waals surface area contributed by atoms with Gasteiger partial charge in [-0.15, -0.1) is 4.59 Å². The maximum atomic E-state index is 8.84. The molecule has 1 N–H and O–H groups in total. The fourth-order valence-corrected chi connectivity index (χ4v) is 1.79. The van der Waals surface area contributed by atoms with Gasteiger partial charge in [0.2, 0.25) is 0 Å². The zero-order valence-electron chi connectivity index (χ0n) is 9.37. The fourth-order valence-electron chi connectivity index (χ4n) is 1.79.